The molecule has 5 rings (SSSR count). The summed E-state index contributed by atoms with van der Waals surface area (Å²) in [6.07, 6.45) is 5.11. The molecule has 0 aliphatic carbocycles. The first-order valence-electron chi connectivity index (χ1n) is 11.0. The van der Waals surface area contributed by atoms with Crippen LogP contribution in [0, 0.1) is 0 Å². The number of nitrogens with zero attached hydrogens (tertiary/aromatic N) is 3. The Morgan fingerprint density at radius 3 is 2.80 bits per heavy atom. The Labute approximate surface area is 181 Å². The average Bonchev–Trinajstić information content (AvgIpc) is 3.34. The van der Waals surface area contributed by atoms with Gasteiger partial charge in [-0.3, -0.25) is 4.90 Å². The Morgan fingerprint density at radius 1 is 1.23 bits per heavy atom. The maximum absolute atomic E-state index is 6.24. The van der Waals surface area contributed by atoms with Gasteiger partial charge >= 0.3 is 0 Å². The predicted octanol–water partition coefficient (Wildman–Crippen LogP) is 1.67. The summed E-state index contributed by atoms with van der Waals surface area (Å²) in [4.78, 5) is 18.2. The molecule has 0 atom stereocenters. The van der Waals surface area contributed by atoms with E-state index in [0.29, 0.717) is 6.61 Å². The van der Waals surface area contributed by atoms with Gasteiger partial charge in [0.1, 0.15) is 16.8 Å². The van der Waals surface area contributed by atoms with E-state index in [2.05, 4.69) is 48.1 Å². The number of fused-ring (bicyclic) bond motifs is 5. The second-order valence-corrected chi connectivity index (χ2v) is 10.5. The fraction of sp³-hybridized carbons (Fsp3) is 0.591. The molecule has 3 N–H and O–H groups in total. The van der Waals surface area contributed by atoms with Gasteiger partial charge in [0, 0.05) is 6.42 Å². The number of H-pyrrole nitrogens is 1. The molecule has 0 spiro atoms. The van der Waals surface area contributed by atoms with Crippen LogP contribution in [0.3, 0.4) is 0 Å². The van der Waals surface area contributed by atoms with Crippen molar-refractivity contribution in [1.29, 1.82) is 0 Å². The number of quaternary nitrogens is 1. The van der Waals surface area contributed by atoms with Crippen molar-refractivity contribution in [2.24, 2.45) is 0 Å². The third kappa shape index (κ3) is 3.50. The molecule has 3 aromatic heterocycles. The lowest BCUT2D eigenvalue weighted by molar-refractivity contribution is -0.856. The number of hydrogen-bond donors (Lipinski definition) is 2. The maximum atomic E-state index is 6.24. The van der Waals surface area contributed by atoms with Gasteiger partial charge in [0.15, 0.2) is 4.83 Å². The number of anilines is 2. The Hall–Kier alpha value is -2.03. The van der Waals surface area contributed by atoms with E-state index in [1.807, 2.05) is 0 Å². The van der Waals surface area contributed by atoms with Gasteiger partial charge < -0.3 is 15.0 Å². The highest BCUT2D eigenvalue weighted by atomic mass is 32.1. The van der Waals surface area contributed by atoms with Gasteiger partial charge in [-0.15, -0.1) is 0 Å². The molecule has 0 aromatic carbocycles. The zero-order chi connectivity index (χ0) is 20.9. The second kappa shape index (κ2) is 7.59. The monoisotopic (exact) mass is 428 g/mol. The normalized spacial score (nSPS) is 18.5. The van der Waals surface area contributed by atoms with Gasteiger partial charge in [0.05, 0.1) is 68.9 Å². The summed E-state index contributed by atoms with van der Waals surface area (Å²) in [7, 11) is 4.34. The first-order chi connectivity index (χ1) is 14.4. The SMILES string of the molecule is C[NH+](C)CCNc1ncnc2c1sc1[nH+]c(N3CCCC3)c3c(c12)CC(C)(C)OC3. The molecular formula is C22H32N6OS+2. The van der Waals surface area contributed by atoms with E-state index < -0.39 is 0 Å². The van der Waals surface area contributed by atoms with Crippen molar-refractivity contribution < 1.29 is 14.6 Å². The van der Waals surface area contributed by atoms with E-state index in [1.54, 1.807) is 17.7 Å². The highest BCUT2D eigenvalue weighted by Gasteiger charge is 2.36. The van der Waals surface area contributed by atoms with Crippen molar-refractivity contribution in [2.75, 3.05) is 50.5 Å². The predicted molar refractivity (Wildman–Crippen MR) is 122 cm³/mol. The van der Waals surface area contributed by atoms with Crippen molar-refractivity contribution in [2.45, 2.75) is 45.3 Å². The summed E-state index contributed by atoms with van der Waals surface area (Å²) in [6.45, 7) is 9.19. The van der Waals surface area contributed by atoms with Gasteiger partial charge in [0.25, 0.3) is 5.82 Å². The minimum Gasteiger partial charge on any atom is -0.370 e. The fourth-order valence-corrected chi connectivity index (χ4v) is 5.76. The standard InChI is InChI=1S/C22H30N6OS/c1-22(2)11-14-15(12-29-22)20(28-8-5-6-9-28)26-21-16(14)17-18(30-21)19(25-13-24-17)23-7-10-27(3)4/h13H,5-12H2,1-4H3,(H,23,24,25)/p+2. The van der Waals surface area contributed by atoms with Crippen LogP contribution in [0.15, 0.2) is 6.33 Å². The molecule has 5 heterocycles. The van der Waals surface area contributed by atoms with Crippen LogP contribution in [-0.4, -0.2) is 55.8 Å². The van der Waals surface area contributed by atoms with E-state index >= 15 is 0 Å². The molecule has 0 radical (unpaired) electrons. The van der Waals surface area contributed by atoms with E-state index in [0.717, 1.165) is 48.6 Å². The number of thiophene rings is 1. The smallest absolute Gasteiger partial charge is 0.281 e. The Bertz CT molecular complexity index is 1090. The Balaban J connectivity index is 1.68. The number of aromatic amines is 1. The van der Waals surface area contributed by atoms with Crippen molar-refractivity contribution in [3.05, 3.63) is 17.5 Å². The van der Waals surface area contributed by atoms with Gasteiger partial charge in [0.2, 0.25) is 0 Å². The topological polar surface area (TPSA) is 68.9 Å². The first kappa shape index (κ1) is 19.9. The lowest BCUT2D eigenvalue weighted by Crippen LogP contribution is -3.06. The van der Waals surface area contributed by atoms with Crippen LogP contribution in [0.5, 0.6) is 0 Å². The molecule has 0 saturated carbocycles. The Kier molecular flexibility index (Phi) is 5.03. The highest BCUT2D eigenvalue weighted by Crippen LogP contribution is 2.42. The van der Waals surface area contributed by atoms with E-state index in [4.69, 9.17) is 9.72 Å². The molecule has 30 heavy (non-hydrogen) atoms. The number of pyridine rings is 1. The highest BCUT2D eigenvalue weighted by molar-refractivity contribution is 7.25. The largest absolute Gasteiger partial charge is 0.370 e. The molecule has 2 aliphatic rings. The van der Waals surface area contributed by atoms with E-state index in [1.165, 1.54) is 44.9 Å². The van der Waals surface area contributed by atoms with Crippen LogP contribution in [0.2, 0.25) is 0 Å². The minimum atomic E-state index is -0.166. The van der Waals surface area contributed by atoms with Crippen LogP contribution >= 0.6 is 11.3 Å². The molecule has 0 bridgehead atoms. The van der Waals surface area contributed by atoms with Crippen molar-refractivity contribution in [3.63, 3.8) is 0 Å². The molecule has 7 nitrogen and oxygen atoms in total. The van der Waals surface area contributed by atoms with Crippen LogP contribution < -0.4 is 20.1 Å². The summed E-state index contributed by atoms with van der Waals surface area (Å²) in [5.74, 6) is 2.19. The summed E-state index contributed by atoms with van der Waals surface area (Å²) in [5, 5.41) is 4.79. The summed E-state index contributed by atoms with van der Waals surface area (Å²) in [5.41, 5.74) is 3.60. The second-order valence-electron chi connectivity index (χ2n) is 9.44. The van der Waals surface area contributed by atoms with E-state index in [-0.39, 0.29) is 5.60 Å². The number of aromatic nitrogens is 3. The summed E-state index contributed by atoms with van der Waals surface area (Å²) >= 11 is 1.78. The van der Waals surface area contributed by atoms with Gasteiger partial charge in [-0.2, -0.15) is 0 Å². The quantitative estimate of drug-likeness (QED) is 0.647. The first-order valence-corrected chi connectivity index (χ1v) is 11.8. The van der Waals surface area contributed by atoms with Crippen LogP contribution in [0.25, 0.3) is 20.4 Å². The van der Waals surface area contributed by atoms with Crippen molar-refractivity contribution >= 4 is 43.4 Å². The molecule has 160 valence electrons. The number of rotatable bonds is 5. The van der Waals surface area contributed by atoms with E-state index in [9.17, 15) is 0 Å². The van der Waals surface area contributed by atoms with Crippen LogP contribution in [0.1, 0.15) is 37.8 Å². The van der Waals surface area contributed by atoms with Gasteiger partial charge in [-0.25, -0.2) is 15.0 Å². The van der Waals surface area contributed by atoms with Crippen molar-refractivity contribution in [3.8, 4) is 0 Å². The summed E-state index contributed by atoms with van der Waals surface area (Å²) in [6, 6.07) is 0. The third-order valence-corrected chi connectivity index (χ3v) is 7.31. The zero-order valence-electron chi connectivity index (χ0n) is 18.4. The lowest BCUT2D eigenvalue weighted by Gasteiger charge is -2.32. The average molecular weight is 429 g/mol. The third-order valence-electron chi connectivity index (χ3n) is 6.21. The number of nitrogens with one attached hydrogen (secondary N) is 3. The molecular weight excluding hydrogens is 396 g/mol. The van der Waals surface area contributed by atoms with Gasteiger partial charge in [-0.05, 0) is 32.3 Å². The minimum absolute atomic E-state index is 0.166. The Morgan fingerprint density at radius 2 is 2.03 bits per heavy atom. The summed E-state index contributed by atoms with van der Waals surface area (Å²) < 4.78 is 7.38. The molecule has 3 aromatic rings. The van der Waals surface area contributed by atoms with Crippen LogP contribution in [0.4, 0.5) is 11.6 Å². The maximum Gasteiger partial charge on any atom is 0.281 e. The van der Waals surface area contributed by atoms with Crippen molar-refractivity contribution in [1.82, 2.24) is 9.97 Å². The molecule has 2 aliphatic heterocycles. The fourth-order valence-electron chi connectivity index (χ4n) is 4.62. The molecule has 8 heteroatoms. The molecule has 1 saturated heterocycles. The number of likely N-dealkylation sites (N-methyl/N-ethyl adjacent to an activating group) is 1. The molecule has 1 fully saturated rings. The van der Waals surface area contributed by atoms with Crippen LogP contribution in [-0.2, 0) is 17.8 Å². The zero-order valence-corrected chi connectivity index (χ0v) is 19.2. The number of hydrogen-bond acceptors (Lipinski definition) is 6. The molecule has 0 amide bonds. The molecule has 0 unspecified atom stereocenters. The number of ether oxygens (including phenoxy) is 1. The van der Waals surface area contributed by atoms with Gasteiger partial charge in [-0.1, -0.05) is 11.3 Å². The lowest BCUT2D eigenvalue weighted by atomic mass is 9.90.